The molecule has 0 radical (unpaired) electrons. The standard InChI is InChI=1S/C16H14F2N2O/c17-13-7-4-8-14(15(13)18)21-10-9-16(20,11-19)12-5-2-1-3-6-12/h1-8H,9-10,20H2. The van der Waals surface area contributed by atoms with Crippen LogP contribution < -0.4 is 10.5 Å². The van der Waals surface area contributed by atoms with E-state index in [-0.39, 0.29) is 18.8 Å². The molecule has 1 unspecified atom stereocenters. The number of hydrogen-bond donors (Lipinski definition) is 1. The van der Waals surface area contributed by atoms with Crippen LogP contribution >= 0.6 is 0 Å². The largest absolute Gasteiger partial charge is 0.490 e. The van der Waals surface area contributed by atoms with Crippen molar-refractivity contribution in [1.29, 1.82) is 5.26 Å². The van der Waals surface area contributed by atoms with Crippen LogP contribution in [0.5, 0.6) is 5.75 Å². The maximum atomic E-state index is 13.4. The molecular weight excluding hydrogens is 274 g/mol. The van der Waals surface area contributed by atoms with Crippen molar-refractivity contribution in [3.05, 3.63) is 65.7 Å². The van der Waals surface area contributed by atoms with Gasteiger partial charge in [0.15, 0.2) is 11.6 Å². The Bertz CT molecular complexity index is 655. The molecule has 21 heavy (non-hydrogen) atoms. The number of nitrogens with two attached hydrogens (primary N) is 1. The van der Waals surface area contributed by atoms with E-state index in [1.807, 2.05) is 12.1 Å². The second-order valence-corrected chi connectivity index (χ2v) is 4.60. The van der Waals surface area contributed by atoms with E-state index in [1.54, 1.807) is 24.3 Å². The minimum Gasteiger partial charge on any atom is -0.490 e. The lowest BCUT2D eigenvalue weighted by atomic mass is 9.89. The van der Waals surface area contributed by atoms with Crippen molar-refractivity contribution >= 4 is 0 Å². The molecular formula is C16H14F2N2O. The summed E-state index contributed by atoms with van der Waals surface area (Å²) in [7, 11) is 0. The molecule has 0 aromatic heterocycles. The molecule has 0 saturated carbocycles. The fraction of sp³-hybridized carbons (Fsp3) is 0.188. The van der Waals surface area contributed by atoms with Gasteiger partial charge < -0.3 is 10.5 Å². The molecule has 0 fully saturated rings. The van der Waals surface area contributed by atoms with Crippen LogP contribution in [-0.4, -0.2) is 6.61 Å². The van der Waals surface area contributed by atoms with Crippen LogP contribution in [0.1, 0.15) is 12.0 Å². The van der Waals surface area contributed by atoms with Gasteiger partial charge in [0.1, 0.15) is 5.54 Å². The summed E-state index contributed by atoms with van der Waals surface area (Å²) in [4.78, 5) is 0. The van der Waals surface area contributed by atoms with E-state index in [4.69, 9.17) is 10.5 Å². The number of nitriles is 1. The molecule has 0 saturated heterocycles. The topological polar surface area (TPSA) is 59.0 Å². The van der Waals surface area contributed by atoms with Gasteiger partial charge in [0.2, 0.25) is 5.82 Å². The lowest BCUT2D eigenvalue weighted by Crippen LogP contribution is -2.36. The normalized spacial score (nSPS) is 13.2. The van der Waals surface area contributed by atoms with Crippen molar-refractivity contribution in [2.24, 2.45) is 5.73 Å². The second-order valence-electron chi connectivity index (χ2n) is 4.60. The van der Waals surface area contributed by atoms with E-state index in [9.17, 15) is 14.0 Å². The fourth-order valence-electron chi connectivity index (χ4n) is 1.92. The highest BCUT2D eigenvalue weighted by atomic mass is 19.2. The molecule has 0 spiro atoms. The monoisotopic (exact) mass is 288 g/mol. The summed E-state index contributed by atoms with van der Waals surface area (Å²) in [6.07, 6.45) is 0.156. The SMILES string of the molecule is N#CC(N)(CCOc1cccc(F)c1F)c1ccccc1. The summed E-state index contributed by atoms with van der Waals surface area (Å²) in [5.74, 6) is -2.21. The molecule has 2 rings (SSSR count). The maximum Gasteiger partial charge on any atom is 0.200 e. The first-order valence-corrected chi connectivity index (χ1v) is 6.39. The van der Waals surface area contributed by atoms with Crippen LogP contribution in [0, 0.1) is 23.0 Å². The molecule has 0 aliphatic rings. The van der Waals surface area contributed by atoms with Crippen LogP contribution in [0.2, 0.25) is 0 Å². The summed E-state index contributed by atoms with van der Waals surface area (Å²) >= 11 is 0. The highest BCUT2D eigenvalue weighted by molar-refractivity contribution is 5.30. The van der Waals surface area contributed by atoms with E-state index >= 15 is 0 Å². The van der Waals surface area contributed by atoms with Crippen molar-refractivity contribution in [3.8, 4) is 11.8 Å². The summed E-state index contributed by atoms with van der Waals surface area (Å²) < 4.78 is 31.7. The molecule has 3 nitrogen and oxygen atoms in total. The lowest BCUT2D eigenvalue weighted by Gasteiger charge is -2.22. The fourth-order valence-corrected chi connectivity index (χ4v) is 1.92. The van der Waals surface area contributed by atoms with Crippen molar-refractivity contribution in [3.63, 3.8) is 0 Å². The third kappa shape index (κ3) is 3.36. The average molecular weight is 288 g/mol. The van der Waals surface area contributed by atoms with Gasteiger partial charge in [0.05, 0.1) is 12.7 Å². The number of ether oxygens (including phenoxy) is 1. The molecule has 2 aromatic carbocycles. The van der Waals surface area contributed by atoms with Gasteiger partial charge in [-0.15, -0.1) is 0 Å². The average Bonchev–Trinajstić information content (AvgIpc) is 2.52. The summed E-state index contributed by atoms with van der Waals surface area (Å²) in [5.41, 5.74) is 5.46. The van der Waals surface area contributed by atoms with Gasteiger partial charge in [0.25, 0.3) is 0 Å². The van der Waals surface area contributed by atoms with E-state index < -0.39 is 17.2 Å². The Kier molecular flexibility index (Phi) is 4.51. The van der Waals surface area contributed by atoms with Gasteiger partial charge in [-0.3, -0.25) is 0 Å². The van der Waals surface area contributed by atoms with Crippen molar-refractivity contribution in [2.75, 3.05) is 6.61 Å². The molecule has 1 atom stereocenters. The molecule has 5 heteroatoms. The Labute approximate surface area is 121 Å². The number of nitrogens with zero attached hydrogens (tertiary/aromatic N) is 1. The van der Waals surface area contributed by atoms with Crippen LogP contribution in [0.4, 0.5) is 8.78 Å². The molecule has 0 aliphatic heterocycles. The summed E-state index contributed by atoms with van der Waals surface area (Å²) in [5, 5.41) is 9.27. The zero-order valence-electron chi connectivity index (χ0n) is 11.2. The second kappa shape index (κ2) is 6.33. The Morgan fingerprint density at radius 2 is 1.81 bits per heavy atom. The first-order chi connectivity index (χ1) is 10.1. The van der Waals surface area contributed by atoms with Gasteiger partial charge in [-0.25, -0.2) is 4.39 Å². The number of benzene rings is 2. The van der Waals surface area contributed by atoms with Gasteiger partial charge in [-0.05, 0) is 17.7 Å². The van der Waals surface area contributed by atoms with Crippen molar-refractivity contribution < 1.29 is 13.5 Å². The van der Waals surface area contributed by atoms with E-state index in [0.29, 0.717) is 5.56 Å². The van der Waals surface area contributed by atoms with Crippen LogP contribution in [-0.2, 0) is 5.54 Å². The highest BCUT2D eigenvalue weighted by Gasteiger charge is 2.27. The predicted molar refractivity (Wildman–Crippen MR) is 74.4 cm³/mol. The maximum absolute atomic E-state index is 13.4. The Hall–Kier alpha value is -2.45. The van der Waals surface area contributed by atoms with E-state index in [2.05, 4.69) is 0 Å². The molecule has 0 heterocycles. The van der Waals surface area contributed by atoms with Crippen molar-refractivity contribution in [1.82, 2.24) is 0 Å². The van der Waals surface area contributed by atoms with Crippen molar-refractivity contribution in [2.45, 2.75) is 12.0 Å². The van der Waals surface area contributed by atoms with Gasteiger partial charge >= 0.3 is 0 Å². The minimum atomic E-state index is -1.23. The highest BCUT2D eigenvalue weighted by Crippen LogP contribution is 2.23. The zero-order chi connectivity index (χ0) is 15.3. The van der Waals surface area contributed by atoms with Gasteiger partial charge in [-0.2, -0.15) is 9.65 Å². The first-order valence-electron chi connectivity index (χ1n) is 6.39. The molecule has 2 N–H and O–H groups in total. The third-order valence-corrected chi connectivity index (χ3v) is 3.16. The third-order valence-electron chi connectivity index (χ3n) is 3.16. The number of halogens is 2. The summed E-state index contributed by atoms with van der Waals surface area (Å²) in [6.45, 7) is -0.000667. The van der Waals surface area contributed by atoms with E-state index in [1.165, 1.54) is 12.1 Å². The number of rotatable bonds is 5. The first kappa shape index (κ1) is 14.9. The molecule has 2 aromatic rings. The summed E-state index contributed by atoms with van der Waals surface area (Å²) in [6, 6.07) is 14.6. The van der Waals surface area contributed by atoms with Crippen LogP contribution in [0.25, 0.3) is 0 Å². The molecule has 108 valence electrons. The van der Waals surface area contributed by atoms with Gasteiger partial charge in [-0.1, -0.05) is 36.4 Å². The Morgan fingerprint density at radius 1 is 1.10 bits per heavy atom. The van der Waals surface area contributed by atoms with Crippen LogP contribution in [0.15, 0.2) is 48.5 Å². The smallest absolute Gasteiger partial charge is 0.200 e. The zero-order valence-corrected chi connectivity index (χ0v) is 11.2. The van der Waals surface area contributed by atoms with Gasteiger partial charge in [0, 0.05) is 6.42 Å². The lowest BCUT2D eigenvalue weighted by molar-refractivity contribution is 0.265. The molecule has 0 aliphatic carbocycles. The minimum absolute atomic E-state index is 0.000667. The quantitative estimate of drug-likeness (QED) is 0.919. The molecule has 0 bridgehead atoms. The predicted octanol–water partition coefficient (Wildman–Crippen LogP) is 3.11. The molecule has 0 amide bonds. The Morgan fingerprint density at radius 3 is 2.48 bits per heavy atom. The van der Waals surface area contributed by atoms with E-state index in [0.717, 1.165) is 6.07 Å². The number of hydrogen-bond acceptors (Lipinski definition) is 3. The Balaban J connectivity index is 2.05. The van der Waals surface area contributed by atoms with Crippen LogP contribution in [0.3, 0.4) is 0 Å².